The van der Waals surface area contributed by atoms with E-state index in [9.17, 15) is 9.59 Å². The first kappa shape index (κ1) is 20.2. The van der Waals surface area contributed by atoms with Crippen molar-refractivity contribution in [3.63, 3.8) is 0 Å². The molecule has 0 spiro atoms. The molecule has 2 aromatic rings. The molecule has 9 heteroatoms. The summed E-state index contributed by atoms with van der Waals surface area (Å²) in [4.78, 5) is 31.8. The van der Waals surface area contributed by atoms with E-state index >= 15 is 0 Å². The number of nitrogens with zero attached hydrogens (tertiary/aromatic N) is 2. The quantitative estimate of drug-likeness (QED) is 0.798. The lowest BCUT2D eigenvalue weighted by molar-refractivity contribution is -0.0862. The van der Waals surface area contributed by atoms with E-state index in [1.165, 1.54) is 13.3 Å². The number of hydrogen-bond acceptors (Lipinski definition) is 5. The molecule has 154 valence electrons. The average molecular weight is 438 g/mol. The third-order valence-electron chi connectivity index (χ3n) is 5.44. The van der Waals surface area contributed by atoms with Gasteiger partial charge in [-0.3, -0.25) is 14.5 Å². The molecule has 1 aromatic carbocycles. The van der Waals surface area contributed by atoms with Gasteiger partial charge in [-0.15, -0.1) is 0 Å². The van der Waals surface area contributed by atoms with Gasteiger partial charge in [-0.25, -0.2) is 0 Å². The summed E-state index contributed by atoms with van der Waals surface area (Å²) in [7, 11) is 1.52. The molecule has 2 saturated heterocycles. The molecule has 0 bridgehead atoms. The number of amides is 1. The zero-order valence-corrected chi connectivity index (χ0v) is 17.4. The summed E-state index contributed by atoms with van der Waals surface area (Å²) in [6.07, 6.45) is 1.12. The van der Waals surface area contributed by atoms with Gasteiger partial charge in [0, 0.05) is 37.9 Å². The Labute approximate surface area is 178 Å². The van der Waals surface area contributed by atoms with Crippen LogP contribution < -0.4 is 10.3 Å². The number of carbonyl (C=O) groups is 1. The molecule has 2 atom stereocenters. The fourth-order valence-corrected chi connectivity index (χ4v) is 4.33. The number of fused-ring (bicyclic) bond motifs is 1. The molecule has 3 heterocycles. The number of ether oxygens (including phenoxy) is 2. The summed E-state index contributed by atoms with van der Waals surface area (Å²) in [5, 5.41) is 0.790. The molecule has 7 nitrogen and oxygen atoms in total. The fraction of sp³-hybridized carbons (Fsp3) is 0.400. The van der Waals surface area contributed by atoms with Crippen molar-refractivity contribution in [1.29, 1.82) is 0 Å². The molecule has 1 aromatic heterocycles. The van der Waals surface area contributed by atoms with Gasteiger partial charge in [-0.1, -0.05) is 29.3 Å². The molecular formula is C20H21Cl2N3O4. The minimum Gasteiger partial charge on any atom is -0.495 e. The van der Waals surface area contributed by atoms with Crippen molar-refractivity contribution >= 4 is 29.1 Å². The Morgan fingerprint density at radius 3 is 2.90 bits per heavy atom. The highest BCUT2D eigenvalue weighted by atomic mass is 35.5. The first-order valence-electron chi connectivity index (χ1n) is 9.33. The number of aromatic amines is 1. The van der Waals surface area contributed by atoms with Crippen LogP contribution in [0.4, 0.5) is 0 Å². The lowest BCUT2D eigenvalue weighted by Gasteiger charge is -2.46. The second kappa shape index (κ2) is 8.36. The second-order valence-electron chi connectivity index (χ2n) is 7.15. The summed E-state index contributed by atoms with van der Waals surface area (Å²) in [5.74, 6) is 0.355. The molecule has 29 heavy (non-hydrogen) atoms. The molecule has 2 aliphatic heterocycles. The Hall–Kier alpha value is -2.06. The van der Waals surface area contributed by atoms with Gasteiger partial charge < -0.3 is 19.4 Å². The van der Waals surface area contributed by atoms with Crippen LogP contribution in [0.1, 0.15) is 22.0 Å². The van der Waals surface area contributed by atoms with Gasteiger partial charge in [-0.05, 0) is 18.2 Å². The van der Waals surface area contributed by atoms with Crippen LogP contribution in [0.2, 0.25) is 10.0 Å². The molecule has 0 unspecified atom stereocenters. The number of aromatic nitrogens is 1. The number of methoxy groups -OCH3 is 1. The maximum atomic E-state index is 13.0. The highest BCUT2D eigenvalue weighted by Gasteiger charge is 2.37. The Morgan fingerprint density at radius 2 is 2.10 bits per heavy atom. The Bertz CT molecular complexity index is 980. The van der Waals surface area contributed by atoms with E-state index in [0.717, 1.165) is 0 Å². The molecule has 2 fully saturated rings. The van der Waals surface area contributed by atoms with Crippen molar-refractivity contribution < 1.29 is 14.3 Å². The zero-order chi connectivity index (χ0) is 20.5. The van der Waals surface area contributed by atoms with Crippen LogP contribution >= 0.6 is 23.2 Å². The highest BCUT2D eigenvalue weighted by Crippen LogP contribution is 2.30. The van der Waals surface area contributed by atoms with Crippen LogP contribution in [-0.2, 0) is 4.74 Å². The number of hydrogen-bond donors (Lipinski definition) is 1. The molecule has 1 N–H and O–H groups in total. The third kappa shape index (κ3) is 4.00. The maximum absolute atomic E-state index is 13.0. The van der Waals surface area contributed by atoms with Crippen molar-refractivity contribution in [2.75, 3.05) is 39.9 Å². The van der Waals surface area contributed by atoms with Crippen LogP contribution in [0.5, 0.6) is 5.75 Å². The van der Waals surface area contributed by atoms with Gasteiger partial charge in [0.05, 0.1) is 35.4 Å². The third-order valence-corrected chi connectivity index (χ3v) is 6.05. The minimum absolute atomic E-state index is 0.0617. The van der Waals surface area contributed by atoms with E-state index in [-0.39, 0.29) is 23.6 Å². The number of halogens is 2. The van der Waals surface area contributed by atoms with Crippen LogP contribution in [0.3, 0.4) is 0 Å². The van der Waals surface area contributed by atoms with Gasteiger partial charge >= 0.3 is 0 Å². The Kier molecular flexibility index (Phi) is 5.83. The van der Waals surface area contributed by atoms with E-state index < -0.39 is 0 Å². The number of rotatable bonds is 3. The van der Waals surface area contributed by atoms with Crippen LogP contribution in [0, 0.1) is 0 Å². The van der Waals surface area contributed by atoms with Gasteiger partial charge in [0.2, 0.25) is 0 Å². The predicted octanol–water partition coefficient (Wildman–Crippen LogP) is 2.59. The molecule has 0 radical (unpaired) electrons. The van der Waals surface area contributed by atoms with Crippen molar-refractivity contribution in [2.24, 2.45) is 0 Å². The van der Waals surface area contributed by atoms with Crippen molar-refractivity contribution in [3.8, 4) is 5.75 Å². The molecular weight excluding hydrogens is 417 g/mol. The second-order valence-corrected chi connectivity index (χ2v) is 7.96. The number of carbonyl (C=O) groups excluding carboxylic acids is 1. The van der Waals surface area contributed by atoms with E-state index in [0.29, 0.717) is 59.7 Å². The summed E-state index contributed by atoms with van der Waals surface area (Å²) in [6, 6.07) is 6.90. The van der Waals surface area contributed by atoms with E-state index in [4.69, 9.17) is 32.7 Å². The first-order valence-corrected chi connectivity index (χ1v) is 10.1. The van der Waals surface area contributed by atoms with Gasteiger partial charge in [0.25, 0.3) is 11.5 Å². The van der Waals surface area contributed by atoms with Gasteiger partial charge in [0.1, 0.15) is 11.9 Å². The fourth-order valence-electron chi connectivity index (χ4n) is 3.87. The lowest BCUT2D eigenvalue weighted by atomic mass is 10.0. The molecule has 1 amide bonds. The van der Waals surface area contributed by atoms with Crippen LogP contribution in [0.25, 0.3) is 0 Å². The predicted molar refractivity (Wildman–Crippen MR) is 110 cm³/mol. The number of piperazine rings is 1. The van der Waals surface area contributed by atoms with Gasteiger partial charge in [0.15, 0.2) is 0 Å². The summed E-state index contributed by atoms with van der Waals surface area (Å²) < 4.78 is 11.2. The largest absolute Gasteiger partial charge is 0.495 e. The normalized spacial score (nSPS) is 22.2. The minimum atomic E-state index is -0.344. The summed E-state index contributed by atoms with van der Waals surface area (Å²) in [6.45, 7) is 2.80. The van der Waals surface area contributed by atoms with Crippen LogP contribution in [0.15, 0.2) is 35.3 Å². The number of pyridine rings is 1. The Balaban J connectivity index is 1.45. The SMILES string of the molecule is COc1cccc(C(=O)N2CCN3C[C@H](c4cc(Cl)c[nH]c4=O)OC[C@@H]3C2)c1Cl. The maximum Gasteiger partial charge on any atom is 0.255 e. The van der Waals surface area contributed by atoms with Crippen molar-refractivity contribution in [1.82, 2.24) is 14.8 Å². The number of morpholine rings is 1. The highest BCUT2D eigenvalue weighted by molar-refractivity contribution is 6.35. The van der Waals surface area contributed by atoms with E-state index in [1.807, 2.05) is 0 Å². The first-order chi connectivity index (χ1) is 14.0. The molecule has 2 aliphatic rings. The van der Waals surface area contributed by atoms with E-state index in [2.05, 4.69) is 9.88 Å². The number of benzene rings is 1. The zero-order valence-electron chi connectivity index (χ0n) is 15.9. The van der Waals surface area contributed by atoms with Crippen molar-refractivity contribution in [2.45, 2.75) is 12.1 Å². The lowest BCUT2D eigenvalue weighted by Crippen LogP contribution is -2.59. The van der Waals surface area contributed by atoms with Gasteiger partial charge in [-0.2, -0.15) is 0 Å². The molecule has 0 aliphatic carbocycles. The Morgan fingerprint density at radius 1 is 1.28 bits per heavy atom. The summed E-state index contributed by atoms with van der Waals surface area (Å²) in [5.41, 5.74) is 0.761. The smallest absolute Gasteiger partial charge is 0.255 e. The number of nitrogens with one attached hydrogen (secondary N) is 1. The number of H-pyrrole nitrogens is 1. The monoisotopic (exact) mass is 437 g/mol. The van der Waals surface area contributed by atoms with E-state index in [1.54, 1.807) is 29.2 Å². The standard InChI is InChI=1S/C20H21Cl2N3O4/c1-28-16-4-2-3-14(18(16)22)20(27)25-6-5-24-10-17(29-11-13(24)9-25)15-7-12(21)8-23-19(15)26/h2-4,7-8,13,17H,5-6,9-11H2,1H3,(H,23,26)/t13-,17+/m0/s1. The topological polar surface area (TPSA) is 74.9 Å². The average Bonchev–Trinajstić information content (AvgIpc) is 2.74. The summed E-state index contributed by atoms with van der Waals surface area (Å²) >= 11 is 12.3. The van der Waals surface area contributed by atoms with Crippen molar-refractivity contribution in [3.05, 3.63) is 62.0 Å². The molecule has 0 saturated carbocycles. The van der Waals surface area contributed by atoms with Crippen LogP contribution in [-0.4, -0.2) is 66.6 Å². The molecule has 4 rings (SSSR count).